The van der Waals surface area contributed by atoms with Crippen LogP contribution in [-0.2, 0) is 14.3 Å². The van der Waals surface area contributed by atoms with Gasteiger partial charge < -0.3 is 15.0 Å². The molecular weight excluding hydrogens is 244 g/mol. The van der Waals surface area contributed by atoms with E-state index < -0.39 is 0 Å². The molecule has 0 aromatic carbocycles. The van der Waals surface area contributed by atoms with Crippen molar-refractivity contribution in [3.05, 3.63) is 0 Å². The lowest BCUT2D eigenvalue weighted by Gasteiger charge is -2.33. The predicted octanol–water partition coefficient (Wildman–Crippen LogP) is 0.786. The highest BCUT2D eigenvalue weighted by atomic mass is 16.5. The van der Waals surface area contributed by atoms with E-state index in [1.807, 2.05) is 0 Å². The molecule has 0 saturated carbocycles. The monoisotopic (exact) mass is 268 g/mol. The van der Waals surface area contributed by atoms with Crippen molar-refractivity contribution in [3.63, 3.8) is 0 Å². The molecule has 0 aromatic rings. The first kappa shape index (κ1) is 14.3. The number of rotatable bonds is 5. The largest absolute Gasteiger partial charge is 0.381 e. The summed E-state index contributed by atoms with van der Waals surface area (Å²) < 4.78 is 5.34. The van der Waals surface area contributed by atoms with E-state index in [1.54, 1.807) is 4.90 Å². The van der Waals surface area contributed by atoms with Crippen LogP contribution in [-0.4, -0.2) is 49.1 Å². The van der Waals surface area contributed by atoms with Gasteiger partial charge in [0.25, 0.3) is 0 Å². The van der Waals surface area contributed by atoms with Crippen LogP contribution < -0.4 is 5.32 Å². The number of amides is 2. The minimum Gasteiger partial charge on any atom is -0.381 e. The van der Waals surface area contributed by atoms with Gasteiger partial charge in [0.2, 0.25) is 11.8 Å². The first-order chi connectivity index (χ1) is 9.06. The number of nitrogens with one attached hydrogen (secondary N) is 1. The Hall–Kier alpha value is -1.10. The molecule has 2 heterocycles. The molecule has 2 amide bonds. The van der Waals surface area contributed by atoms with Crippen LogP contribution in [0.15, 0.2) is 0 Å². The van der Waals surface area contributed by atoms with Crippen molar-refractivity contribution >= 4 is 11.8 Å². The van der Waals surface area contributed by atoms with Gasteiger partial charge in [0.15, 0.2) is 0 Å². The highest BCUT2D eigenvalue weighted by Crippen LogP contribution is 2.18. The zero-order chi connectivity index (χ0) is 13.8. The minimum absolute atomic E-state index is 0.0343. The topological polar surface area (TPSA) is 58.6 Å². The van der Waals surface area contributed by atoms with E-state index in [2.05, 4.69) is 19.2 Å². The number of piperazine rings is 1. The molecule has 5 heteroatoms. The Morgan fingerprint density at radius 1 is 1.42 bits per heavy atom. The maximum Gasteiger partial charge on any atom is 0.245 e. The van der Waals surface area contributed by atoms with Gasteiger partial charge in [0.1, 0.15) is 6.04 Å². The van der Waals surface area contributed by atoms with E-state index in [0.29, 0.717) is 24.8 Å². The summed E-state index contributed by atoms with van der Waals surface area (Å²) >= 11 is 0. The Kier molecular flexibility index (Phi) is 4.80. The average Bonchev–Trinajstić information content (AvgIpc) is 2.84. The summed E-state index contributed by atoms with van der Waals surface area (Å²) in [5, 5.41) is 2.80. The summed E-state index contributed by atoms with van der Waals surface area (Å²) in [7, 11) is 0. The van der Waals surface area contributed by atoms with E-state index in [9.17, 15) is 9.59 Å². The third-order valence-electron chi connectivity index (χ3n) is 3.82. The molecule has 2 unspecified atom stereocenters. The summed E-state index contributed by atoms with van der Waals surface area (Å²) in [5.41, 5.74) is 0. The molecule has 2 fully saturated rings. The maximum atomic E-state index is 12.3. The summed E-state index contributed by atoms with van der Waals surface area (Å²) in [5.74, 6) is 0.985. The van der Waals surface area contributed by atoms with Crippen LogP contribution in [0, 0.1) is 11.8 Å². The lowest BCUT2D eigenvalue weighted by Crippen LogP contribution is -2.58. The van der Waals surface area contributed by atoms with Gasteiger partial charge in [-0.15, -0.1) is 0 Å². The number of carbonyl (C=O) groups is 2. The molecule has 2 aliphatic heterocycles. The van der Waals surface area contributed by atoms with Crippen LogP contribution in [0.4, 0.5) is 0 Å². The SMILES string of the molecule is CC(C)CC1NC(=O)CN(CCC2CCOC2)C1=O. The molecule has 2 saturated heterocycles. The Balaban J connectivity index is 1.87. The molecule has 19 heavy (non-hydrogen) atoms. The fourth-order valence-electron chi connectivity index (χ4n) is 2.74. The zero-order valence-electron chi connectivity index (χ0n) is 11.9. The lowest BCUT2D eigenvalue weighted by atomic mass is 9.99. The molecule has 5 nitrogen and oxygen atoms in total. The van der Waals surface area contributed by atoms with Crippen molar-refractivity contribution in [2.24, 2.45) is 11.8 Å². The second-order valence-electron chi connectivity index (χ2n) is 6.03. The quantitative estimate of drug-likeness (QED) is 0.802. The van der Waals surface area contributed by atoms with E-state index in [-0.39, 0.29) is 24.4 Å². The van der Waals surface area contributed by atoms with E-state index in [4.69, 9.17) is 4.74 Å². The van der Waals surface area contributed by atoms with Crippen molar-refractivity contribution in [1.82, 2.24) is 10.2 Å². The fourth-order valence-corrected chi connectivity index (χ4v) is 2.74. The normalized spacial score (nSPS) is 28.1. The highest BCUT2D eigenvalue weighted by molar-refractivity contribution is 5.94. The molecule has 0 radical (unpaired) electrons. The minimum atomic E-state index is -0.332. The van der Waals surface area contributed by atoms with Gasteiger partial charge in [0, 0.05) is 19.8 Å². The van der Waals surface area contributed by atoms with Crippen molar-refractivity contribution in [2.45, 2.75) is 39.2 Å². The van der Waals surface area contributed by atoms with Crippen LogP contribution in [0.3, 0.4) is 0 Å². The number of hydrogen-bond acceptors (Lipinski definition) is 3. The van der Waals surface area contributed by atoms with Gasteiger partial charge >= 0.3 is 0 Å². The van der Waals surface area contributed by atoms with Crippen molar-refractivity contribution in [3.8, 4) is 0 Å². The summed E-state index contributed by atoms with van der Waals surface area (Å²) in [6.07, 6.45) is 2.73. The molecule has 2 rings (SSSR count). The van der Waals surface area contributed by atoms with Crippen molar-refractivity contribution in [1.29, 1.82) is 0 Å². The fraction of sp³-hybridized carbons (Fsp3) is 0.857. The molecule has 2 atom stereocenters. The van der Waals surface area contributed by atoms with E-state index >= 15 is 0 Å². The zero-order valence-corrected chi connectivity index (χ0v) is 11.9. The first-order valence-corrected chi connectivity index (χ1v) is 7.22. The van der Waals surface area contributed by atoms with Crippen molar-refractivity contribution in [2.75, 3.05) is 26.3 Å². The second kappa shape index (κ2) is 6.37. The van der Waals surface area contributed by atoms with E-state index in [1.165, 1.54) is 0 Å². The molecule has 2 aliphatic rings. The number of hydrogen-bond donors (Lipinski definition) is 1. The molecule has 108 valence electrons. The van der Waals surface area contributed by atoms with Crippen molar-refractivity contribution < 1.29 is 14.3 Å². The van der Waals surface area contributed by atoms with Crippen LogP contribution in [0.1, 0.15) is 33.1 Å². The van der Waals surface area contributed by atoms with Gasteiger partial charge in [-0.2, -0.15) is 0 Å². The summed E-state index contributed by atoms with van der Waals surface area (Å²) in [4.78, 5) is 25.7. The van der Waals surface area contributed by atoms with Gasteiger partial charge in [-0.3, -0.25) is 9.59 Å². The molecule has 0 bridgehead atoms. The molecule has 0 aliphatic carbocycles. The third-order valence-corrected chi connectivity index (χ3v) is 3.82. The third kappa shape index (κ3) is 3.93. The van der Waals surface area contributed by atoms with Crippen LogP contribution >= 0.6 is 0 Å². The Bertz CT molecular complexity index is 338. The molecule has 0 spiro atoms. The van der Waals surface area contributed by atoms with E-state index in [0.717, 1.165) is 26.1 Å². The standard InChI is InChI=1S/C14H24N2O3/c1-10(2)7-12-14(18)16(8-13(17)15-12)5-3-11-4-6-19-9-11/h10-12H,3-9H2,1-2H3,(H,15,17). The molecule has 0 aromatic heterocycles. The molecule has 1 N–H and O–H groups in total. The smallest absolute Gasteiger partial charge is 0.245 e. The Morgan fingerprint density at radius 2 is 2.21 bits per heavy atom. The average molecular weight is 268 g/mol. The lowest BCUT2D eigenvalue weighted by molar-refractivity contribution is -0.144. The predicted molar refractivity (Wildman–Crippen MR) is 71.5 cm³/mol. The van der Waals surface area contributed by atoms with Crippen LogP contribution in [0.2, 0.25) is 0 Å². The number of carbonyl (C=O) groups excluding carboxylic acids is 2. The summed E-state index contributed by atoms with van der Waals surface area (Å²) in [6.45, 7) is 6.64. The second-order valence-corrected chi connectivity index (χ2v) is 6.03. The number of nitrogens with zero attached hydrogens (tertiary/aromatic N) is 1. The maximum absolute atomic E-state index is 12.3. The Labute approximate surface area is 114 Å². The van der Waals surface area contributed by atoms with Gasteiger partial charge in [-0.05, 0) is 31.1 Å². The molecular formula is C14H24N2O3. The van der Waals surface area contributed by atoms with Crippen LogP contribution in [0.5, 0.6) is 0 Å². The summed E-state index contributed by atoms with van der Waals surface area (Å²) in [6, 6.07) is -0.332. The highest BCUT2D eigenvalue weighted by Gasteiger charge is 2.33. The van der Waals surface area contributed by atoms with Gasteiger partial charge in [-0.1, -0.05) is 13.8 Å². The van der Waals surface area contributed by atoms with Gasteiger partial charge in [-0.25, -0.2) is 0 Å². The number of ether oxygens (including phenoxy) is 1. The Morgan fingerprint density at radius 3 is 2.84 bits per heavy atom. The van der Waals surface area contributed by atoms with Gasteiger partial charge in [0.05, 0.1) is 6.54 Å². The van der Waals surface area contributed by atoms with Crippen LogP contribution in [0.25, 0.3) is 0 Å². The first-order valence-electron chi connectivity index (χ1n) is 7.22.